The normalized spacial score (nSPS) is 11.0. The molecule has 0 saturated carbocycles. The van der Waals surface area contributed by atoms with Crippen LogP contribution in [0.3, 0.4) is 0 Å². The molecule has 0 aliphatic rings. The number of benzene rings is 2. The fourth-order valence-electron chi connectivity index (χ4n) is 2.04. The largest absolute Gasteiger partial charge is 0.420 e. The molecule has 3 aromatic rings. The predicted octanol–water partition coefficient (Wildman–Crippen LogP) is 2.99. The van der Waals surface area contributed by atoms with Gasteiger partial charge in [0, 0.05) is 10.2 Å². The molecule has 19 heavy (non-hydrogen) atoms. The van der Waals surface area contributed by atoms with Crippen molar-refractivity contribution >= 4 is 32.7 Å². The van der Waals surface area contributed by atoms with Crippen molar-refractivity contribution in [3.63, 3.8) is 0 Å². The number of hydrogen-bond donors (Lipinski definition) is 1. The highest BCUT2D eigenvalue weighted by Gasteiger charge is 2.09. The van der Waals surface area contributed by atoms with Gasteiger partial charge in [-0.25, -0.2) is 4.79 Å². The van der Waals surface area contributed by atoms with Crippen LogP contribution in [0.15, 0.2) is 56.1 Å². The van der Waals surface area contributed by atoms with E-state index in [2.05, 4.69) is 15.9 Å². The third-order valence-electron chi connectivity index (χ3n) is 2.97. The van der Waals surface area contributed by atoms with E-state index in [9.17, 15) is 4.79 Å². The zero-order valence-electron chi connectivity index (χ0n) is 9.97. The second-order valence-electron chi connectivity index (χ2n) is 4.28. The average Bonchev–Trinajstić information content (AvgIpc) is 2.71. The van der Waals surface area contributed by atoms with Crippen LogP contribution in [0.5, 0.6) is 0 Å². The third-order valence-corrected chi connectivity index (χ3v) is 3.70. The van der Waals surface area contributed by atoms with Crippen molar-refractivity contribution in [1.29, 1.82) is 0 Å². The van der Waals surface area contributed by atoms with Crippen LogP contribution < -0.4 is 11.5 Å². The topological polar surface area (TPSA) is 61.2 Å². The summed E-state index contributed by atoms with van der Waals surface area (Å²) >= 11 is 3.35. The summed E-state index contributed by atoms with van der Waals surface area (Å²) in [6, 6.07) is 13.0. The van der Waals surface area contributed by atoms with Crippen molar-refractivity contribution in [3.05, 3.63) is 63.1 Å². The van der Waals surface area contributed by atoms with E-state index in [-0.39, 0.29) is 5.76 Å². The number of fused-ring (bicyclic) bond motifs is 1. The van der Waals surface area contributed by atoms with Gasteiger partial charge in [-0.1, -0.05) is 18.2 Å². The Labute approximate surface area is 117 Å². The number of nitrogens with zero attached hydrogens (tertiary/aromatic N) is 1. The smallest absolute Gasteiger partial charge is 0.408 e. The van der Waals surface area contributed by atoms with E-state index < -0.39 is 0 Å². The summed E-state index contributed by atoms with van der Waals surface area (Å²) in [6.07, 6.45) is 0. The molecular weight excluding hydrogens is 308 g/mol. The number of para-hydroxylation sites is 2. The molecule has 96 valence electrons. The van der Waals surface area contributed by atoms with Gasteiger partial charge in [-0.3, -0.25) is 4.57 Å². The summed E-state index contributed by atoms with van der Waals surface area (Å²) in [5, 5.41) is 0. The Kier molecular flexibility index (Phi) is 2.91. The highest BCUT2D eigenvalue weighted by molar-refractivity contribution is 9.10. The number of oxazole rings is 1. The van der Waals surface area contributed by atoms with E-state index in [1.54, 1.807) is 10.6 Å². The molecule has 4 nitrogen and oxygen atoms in total. The second-order valence-corrected chi connectivity index (χ2v) is 5.13. The summed E-state index contributed by atoms with van der Waals surface area (Å²) < 4.78 is 7.64. The van der Waals surface area contributed by atoms with Gasteiger partial charge < -0.3 is 10.2 Å². The highest BCUT2D eigenvalue weighted by atomic mass is 79.9. The quantitative estimate of drug-likeness (QED) is 0.739. The first-order chi connectivity index (χ1) is 9.15. The number of hydrogen-bond acceptors (Lipinski definition) is 3. The zero-order chi connectivity index (χ0) is 13.4. The summed E-state index contributed by atoms with van der Waals surface area (Å²) in [4.78, 5) is 11.9. The van der Waals surface area contributed by atoms with Crippen molar-refractivity contribution in [2.75, 3.05) is 5.73 Å². The van der Waals surface area contributed by atoms with Crippen LogP contribution in [-0.4, -0.2) is 4.57 Å². The Morgan fingerprint density at radius 3 is 2.79 bits per heavy atom. The minimum absolute atomic E-state index is 0.359. The van der Waals surface area contributed by atoms with Crippen LogP contribution >= 0.6 is 15.9 Å². The van der Waals surface area contributed by atoms with E-state index in [4.69, 9.17) is 10.2 Å². The minimum atomic E-state index is -0.359. The molecule has 2 aromatic carbocycles. The number of halogens is 1. The van der Waals surface area contributed by atoms with Gasteiger partial charge in [-0.2, -0.15) is 0 Å². The number of nitrogens with two attached hydrogens (primary N) is 1. The van der Waals surface area contributed by atoms with Crippen LogP contribution in [0.1, 0.15) is 5.56 Å². The van der Waals surface area contributed by atoms with Crippen molar-refractivity contribution in [3.8, 4) is 0 Å². The number of aromatic nitrogens is 1. The Balaban J connectivity index is 2.08. The van der Waals surface area contributed by atoms with Crippen LogP contribution in [0, 0.1) is 0 Å². The monoisotopic (exact) mass is 318 g/mol. The van der Waals surface area contributed by atoms with Crippen LogP contribution in [-0.2, 0) is 6.54 Å². The van der Waals surface area contributed by atoms with E-state index in [0.29, 0.717) is 17.8 Å². The van der Waals surface area contributed by atoms with Crippen LogP contribution in [0.4, 0.5) is 5.69 Å². The maximum Gasteiger partial charge on any atom is 0.420 e. The van der Waals surface area contributed by atoms with Gasteiger partial charge in [-0.05, 0) is 45.8 Å². The Bertz CT molecular complexity index is 805. The number of anilines is 1. The Morgan fingerprint density at radius 2 is 2.00 bits per heavy atom. The molecule has 0 saturated heterocycles. The molecule has 0 spiro atoms. The lowest BCUT2D eigenvalue weighted by atomic mass is 10.2. The number of rotatable bonds is 2. The molecule has 0 amide bonds. The Morgan fingerprint density at radius 1 is 1.21 bits per heavy atom. The molecular formula is C14H11BrN2O2. The SMILES string of the molecule is Nc1cc(Cn2c(=O)oc3ccccc32)ccc1Br. The first-order valence-electron chi connectivity index (χ1n) is 5.77. The lowest BCUT2D eigenvalue weighted by Gasteiger charge is -2.05. The molecule has 0 radical (unpaired) electrons. The molecule has 3 rings (SSSR count). The molecule has 5 heteroatoms. The van der Waals surface area contributed by atoms with Crippen molar-refractivity contribution in [2.45, 2.75) is 6.54 Å². The Hall–Kier alpha value is -2.01. The lowest BCUT2D eigenvalue weighted by molar-refractivity contribution is 0.518. The fraction of sp³-hybridized carbons (Fsp3) is 0.0714. The fourth-order valence-corrected chi connectivity index (χ4v) is 2.28. The first kappa shape index (κ1) is 12.0. The minimum Gasteiger partial charge on any atom is -0.408 e. The maximum atomic E-state index is 11.9. The summed E-state index contributed by atoms with van der Waals surface area (Å²) in [7, 11) is 0. The van der Waals surface area contributed by atoms with E-state index in [1.165, 1.54) is 0 Å². The van der Waals surface area contributed by atoms with E-state index in [0.717, 1.165) is 15.6 Å². The molecule has 0 aliphatic carbocycles. The van der Waals surface area contributed by atoms with Crippen LogP contribution in [0.25, 0.3) is 11.1 Å². The van der Waals surface area contributed by atoms with Gasteiger partial charge in [0.25, 0.3) is 0 Å². The van der Waals surface area contributed by atoms with Gasteiger partial charge in [0.15, 0.2) is 5.58 Å². The average molecular weight is 319 g/mol. The maximum absolute atomic E-state index is 11.9. The molecule has 0 bridgehead atoms. The summed E-state index contributed by atoms with van der Waals surface area (Å²) in [6.45, 7) is 0.438. The summed E-state index contributed by atoms with van der Waals surface area (Å²) in [5.41, 5.74) is 8.83. The van der Waals surface area contributed by atoms with Gasteiger partial charge in [0.1, 0.15) is 0 Å². The van der Waals surface area contributed by atoms with Gasteiger partial charge >= 0.3 is 5.76 Å². The summed E-state index contributed by atoms with van der Waals surface area (Å²) in [5.74, 6) is -0.359. The predicted molar refractivity (Wildman–Crippen MR) is 78.1 cm³/mol. The molecule has 0 aliphatic heterocycles. The number of nitrogen functional groups attached to an aromatic ring is 1. The van der Waals surface area contributed by atoms with E-state index >= 15 is 0 Å². The highest BCUT2D eigenvalue weighted by Crippen LogP contribution is 2.21. The van der Waals surface area contributed by atoms with Crippen molar-refractivity contribution in [2.24, 2.45) is 0 Å². The van der Waals surface area contributed by atoms with Gasteiger partial charge in [-0.15, -0.1) is 0 Å². The standard InChI is InChI=1S/C14H11BrN2O2/c15-10-6-5-9(7-11(10)16)8-17-12-3-1-2-4-13(12)19-14(17)18/h1-7H,8,16H2. The van der Waals surface area contributed by atoms with Crippen molar-refractivity contribution in [1.82, 2.24) is 4.57 Å². The van der Waals surface area contributed by atoms with Crippen molar-refractivity contribution < 1.29 is 4.42 Å². The lowest BCUT2D eigenvalue weighted by Crippen LogP contribution is -2.14. The van der Waals surface area contributed by atoms with Crippen LogP contribution in [0.2, 0.25) is 0 Å². The zero-order valence-corrected chi connectivity index (χ0v) is 11.6. The van der Waals surface area contributed by atoms with Gasteiger partial charge in [0.05, 0.1) is 12.1 Å². The third kappa shape index (κ3) is 2.17. The second kappa shape index (κ2) is 4.59. The molecule has 0 fully saturated rings. The molecule has 1 aromatic heterocycles. The molecule has 0 atom stereocenters. The van der Waals surface area contributed by atoms with E-state index in [1.807, 2.05) is 36.4 Å². The van der Waals surface area contributed by atoms with Gasteiger partial charge in [0.2, 0.25) is 0 Å². The molecule has 0 unspecified atom stereocenters. The molecule has 2 N–H and O–H groups in total. The molecule has 1 heterocycles. The first-order valence-corrected chi connectivity index (χ1v) is 6.57.